The molecule has 1 aliphatic carbocycles. The Morgan fingerprint density at radius 2 is 1.95 bits per heavy atom. The van der Waals surface area contributed by atoms with Crippen LogP contribution in [0.2, 0.25) is 5.02 Å². The third kappa shape index (κ3) is 5.52. The molecule has 0 spiro atoms. The molecule has 1 aliphatic rings. The van der Waals surface area contributed by atoms with Gasteiger partial charge in [-0.3, -0.25) is 0 Å². The van der Waals surface area contributed by atoms with Gasteiger partial charge < -0.3 is 10.1 Å². The first kappa shape index (κ1) is 14.8. The van der Waals surface area contributed by atoms with Gasteiger partial charge in [0, 0.05) is 17.6 Å². The van der Waals surface area contributed by atoms with E-state index < -0.39 is 0 Å². The Hall–Kier alpha value is -0.570. The lowest BCUT2D eigenvalue weighted by atomic mass is 10.1. The summed E-state index contributed by atoms with van der Waals surface area (Å²) < 4.78 is 5.84. The maximum Gasteiger partial charge on any atom is 0.0594 e. The maximum absolute atomic E-state index is 5.88. The molecule has 19 heavy (non-hydrogen) atoms. The normalized spacial score (nSPS) is 17.8. The first-order valence-electron chi connectivity index (χ1n) is 7.33. The Morgan fingerprint density at radius 1 is 1.26 bits per heavy atom. The van der Waals surface area contributed by atoms with Gasteiger partial charge >= 0.3 is 0 Å². The Balaban J connectivity index is 1.58. The molecule has 0 aromatic heterocycles. The zero-order chi connectivity index (χ0) is 13.5. The molecule has 1 atom stereocenters. The SMILES string of the molecule is CC(Cc1ccc(Cl)cc1)NCCOC1CCCC1. The van der Waals surface area contributed by atoms with Crippen LogP contribution in [0.15, 0.2) is 24.3 Å². The molecule has 0 amide bonds. The van der Waals surface area contributed by atoms with Crippen LogP contribution in [0.3, 0.4) is 0 Å². The molecule has 1 unspecified atom stereocenters. The van der Waals surface area contributed by atoms with E-state index in [1.54, 1.807) is 0 Å². The lowest BCUT2D eigenvalue weighted by molar-refractivity contribution is 0.0593. The summed E-state index contributed by atoms with van der Waals surface area (Å²) in [5.74, 6) is 0. The van der Waals surface area contributed by atoms with Gasteiger partial charge in [0.15, 0.2) is 0 Å². The molecule has 0 aliphatic heterocycles. The van der Waals surface area contributed by atoms with Crippen molar-refractivity contribution in [1.29, 1.82) is 0 Å². The van der Waals surface area contributed by atoms with Crippen LogP contribution in [0.4, 0.5) is 0 Å². The molecule has 2 nitrogen and oxygen atoms in total. The van der Waals surface area contributed by atoms with Crippen molar-refractivity contribution in [3.8, 4) is 0 Å². The summed E-state index contributed by atoms with van der Waals surface area (Å²) in [7, 11) is 0. The van der Waals surface area contributed by atoms with E-state index in [4.69, 9.17) is 16.3 Å². The molecule has 0 bridgehead atoms. The second-order valence-electron chi connectivity index (χ2n) is 5.46. The monoisotopic (exact) mass is 281 g/mol. The smallest absolute Gasteiger partial charge is 0.0594 e. The molecule has 3 heteroatoms. The molecule has 1 aromatic carbocycles. The van der Waals surface area contributed by atoms with E-state index in [1.807, 2.05) is 12.1 Å². The third-order valence-corrected chi connectivity index (χ3v) is 3.96. The molecular weight excluding hydrogens is 258 g/mol. The molecular formula is C16H24ClNO. The second-order valence-corrected chi connectivity index (χ2v) is 5.90. The molecule has 1 N–H and O–H groups in total. The molecule has 1 fully saturated rings. The summed E-state index contributed by atoms with van der Waals surface area (Å²) in [4.78, 5) is 0. The van der Waals surface area contributed by atoms with Gasteiger partial charge in [0.2, 0.25) is 0 Å². The first-order chi connectivity index (χ1) is 9.24. The minimum absolute atomic E-state index is 0.466. The Bertz CT molecular complexity index is 360. The number of ether oxygens (including phenoxy) is 1. The van der Waals surface area contributed by atoms with Crippen LogP contribution in [0.5, 0.6) is 0 Å². The first-order valence-corrected chi connectivity index (χ1v) is 7.71. The van der Waals surface area contributed by atoms with E-state index in [-0.39, 0.29) is 0 Å². The van der Waals surface area contributed by atoms with Crippen molar-refractivity contribution in [3.63, 3.8) is 0 Å². The van der Waals surface area contributed by atoms with Crippen LogP contribution < -0.4 is 5.32 Å². The number of halogens is 1. The van der Waals surface area contributed by atoms with Crippen molar-refractivity contribution in [2.75, 3.05) is 13.2 Å². The van der Waals surface area contributed by atoms with Crippen molar-refractivity contribution in [2.24, 2.45) is 0 Å². The van der Waals surface area contributed by atoms with Crippen LogP contribution in [0.25, 0.3) is 0 Å². The predicted molar refractivity (Wildman–Crippen MR) is 80.8 cm³/mol. The van der Waals surface area contributed by atoms with E-state index in [9.17, 15) is 0 Å². The van der Waals surface area contributed by atoms with Gasteiger partial charge in [0.25, 0.3) is 0 Å². The average Bonchev–Trinajstić information content (AvgIpc) is 2.91. The van der Waals surface area contributed by atoms with Gasteiger partial charge in [-0.1, -0.05) is 36.6 Å². The van der Waals surface area contributed by atoms with Gasteiger partial charge in [-0.15, -0.1) is 0 Å². The van der Waals surface area contributed by atoms with Crippen LogP contribution in [-0.4, -0.2) is 25.3 Å². The fraction of sp³-hybridized carbons (Fsp3) is 0.625. The minimum atomic E-state index is 0.466. The van der Waals surface area contributed by atoms with Gasteiger partial charge in [-0.25, -0.2) is 0 Å². The summed E-state index contributed by atoms with van der Waals surface area (Å²) in [6.45, 7) is 3.98. The highest BCUT2D eigenvalue weighted by molar-refractivity contribution is 6.30. The predicted octanol–water partition coefficient (Wildman–Crippen LogP) is 3.82. The number of rotatable bonds is 7. The van der Waals surface area contributed by atoms with E-state index in [0.717, 1.165) is 24.6 Å². The van der Waals surface area contributed by atoms with Crippen LogP contribution in [0, 0.1) is 0 Å². The van der Waals surface area contributed by atoms with Crippen molar-refractivity contribution >= 4 is 11.6 Å². The number of benzene rings is 1. The maximum atomic E-state index is 5.88. The Morgan fingerprint density at radius 3 is 2.63 bits per heavy atom. The highest BCUT2D eigenvalue weighted by Crippen LogP contribution is 2.20. The summed E-state index contributed by atoms with van der Waals surface area (Å²) >= 11 is 5.88. The van der Waals surface area contributed by atoms with Gasteiger partial charge in [-0.2, -0.15) is 0 Å². The van der Waals surface area contributed by atoms with E-state index in [1.165, 1.54) is 31.2 Å². The fourth-order valence-corrected chi connectivity index (χ4v) is 2.76. The summed E-state index contributed by atoms with van der Waals surface area (Å²) in [6.07, 6.45) is 6.73. The molecule has 0 heterocycles. The highest BCUT2D eigenvalue weighted by Gasteiger charge is 2.14. The zero-order valence-electron chi connectivity index (χ0n) is 11.7. The lowest BCUT2D eigenvalue weighted by Crippen LogP contribution is -2.31. The van der Waals surface area contributed by atoms with Crippen molar-refractivity contribution in [3.05, 3.63) is 34.9 Å². The zero-order valence-corrected chi connectivity index (χ0v) is 12.5. The van der Waals surface area contributed by atoms with Gasteiger partial charge in [-0.05, 0) is 43.9 Å². The van der Waals surface area contributed by atoms with E-state index >= 15 is 0 Å². The third-order valence-electron chi connectivity index (χ3n) is 3.71. The highest BCUT2D eigenvalue weighted by atomic mass is 35.5. The Labute approximate surface area is 121 Å². The van der Waals surface area contributed by atoms with E-state index in [0.29, 0.717) is 12.1 Å². The van der Waals surface area contributed by atoms with Crippen molar-refractivity contribution < 1.29 is 4.74 Å². The lowest BCUT2D eigenvalue weighted by Gasteiger charge is -2.16. The van der Waals surface area contributed by atoms with Crippen LogP contribution >= 0.6 is 11.6 Å². The topological polar surface area (TPSA) is 21.3 Å². The fourth-order valence-electron chi connectivity index (χ4n) is 2.63. The number of nitrogens with one attached hydrogen (secondary N) is 1. The largest absolute Gasteiger partial charge is 0.377 e. The standard InChI is InChI=1S/C16H24ClNO/c1-13(12-14-6-8-15(17)9-7-14)18-10-11-19-16-4-2-3-5-16/h6-9,13,16,18H,2-5,10-12H2,1H3. The molecule has 1 aromatic rings. The molecule has 1 saturated carbocycles. The van der Waals surface area contributed by atoms with Crippen LogP contribution in [0.1, 0.15) is 38.2 Å². The Kier molecular flexibility index (Phi) is 6.15. The van der Waals surface area contributed by atoms with Gasteiger partial charge in [0.05, 0.1) is 12.7 Å². The summed E-state index contributed by atoms with van der Waals surface area (Å²) in [5.41, 5.74) is 1.32. The van der Waals surface area contributed by atoms with Crippen molar-refractivity contribution in [1.82, 2.24) is 5.32 Å². The summed E-state index contributed by atoms with van der Waals surface area (Å²) in [6, 6.07) is 8.55. The minimum Gasteiger partial charge on any atom is -0.377 e. The number of hydrogen-bond acceptors (Lipinski definition) is 2. The molecule has 0 saturated heterocycles. The number of hydrogen-bond donors (Lipinski definition) is 1. The van der Waals surface area contributed by atoms with Crippen LogP contribution in [-0.2, 0) is 11.2 Å². The molecule has 106 valence electrons. The molecule has 2 rings (SSSR count). The van der Waals surface area contributed by atoms with Gasteiger partial charge in [0.1, 0.15) is 0 Å². The van der Waals surface area contributed by atoms with Crippen molar-refractivity contribution in [2.45, 2.75) is 51.2 Å². The second kappa shape index (κ2) is 7.88. The molecule has 0 radical (unpaired) electrons. The van der Waals surface area contributed by atoms with E-state index in [2.05, 4.69) is 24.4 Å². The average molecular weight is 282 g/mol. The quantitative estimate of drug-likeness (QED) is 0.767. The summed E-state index contributed by atoms with van der Waals surface area (Å²) in [5, 5.41) is 4.31.